The van der Waals surface area contributed by atoms with Crippen LogP contribution in [0.3, 0.4) is 0 Å². The summed E-state index contributed by atoms with van der Waals surface area (Å²) in [6, 6.07) is 25.3. The summed E-state index contributed by atoms with van der Waals surface area (Å²) >= 11 is 0. The van der Waals surface area contributed by atoms with E-state index < -0.39 is 11.8 Å². The van der Waals surface area contributed by atoms with E-state index in [1.807, 2.05) is 30.3 Å². The Hall–Kier alpha value is -4.46. The molecule has 0 aliphatic heterocycles. The van der Waals surface area contributed by atoms with Crippen molar-refractivity contribution in [2.45, 2.75) is 6.42 Å². The Morgan fingerprint density at radius 2 is 1.48 bits per heavy atom. The van der Waals surface area contributed by atoms with E-state index in [2.05, 4.69) is 21.2 Å². The molecule has 0 saturated carbocycles. The number of rotatable bonds is 9. The fourth-order valence-electron chi connectivity index (χ4n) is 2.77. The molecule has 3 aromatic rings. The second-order valence-corrected chi connectivity index (χ2v) is 6.96. The van der Waals surface area contributed by atoms with E-state index in [0.29, 0.717) is 23.5 Å². The van der Waals surface area contributed by atoms with E-state index in [1.54, 1.807) is 54.6 Å². The van der Waals surface area contributed by atoms with Crippen LogP contribution >= 0.6 is 0 Å². The number of hydrazone groups is 1. The van der Waals surface area contributed by atoms with Gasteiger partial charge in [-0.05, 0) is 53.9 Å². The van der Waals surface area contributed by atoms with Crippen LogP contribution in [0, 0.1) is 0 Å². The van der Waals surface area contributed by atoms with Crippen molar-refractivity contribution in [1.29, 1.82) is 0 Å². The number of anilines is 1. The molecule has 3 rings (SSSR count). The summed E-state index contributed by atoms with van der Waals surface area (Å²) in [5.74, 6) is -1.37. The van der Waals surface area contributed by atoms with Gasteiger partial charge in [-0.1, -0.05) is 48.5 Å². The molecule has 3 amide bonds. The summed E-state index contributed by atoms with van der Waals surface area (Å²) in [6.07, 6.45) is 2.15. The Bertz CT molecular complexity index is 1080. The number of nitrogens with zero attached hydrogens (tertiary/aromatic N) is 1. The van der Waals surface area contributed by atoms with E-state index in [9.17, 15) is 14.4 Å². The highest BCUT2D eigenvalue weighted by molar-refractivity contribution is 6.39. The zero-order chi connectivity index (χ0) is 23.3. The van der Waals surface area contributed by atoms with Crippen LogP contribution in [0.15, 0.2) is 90.0 Å². The van der Waals surface area contributed by atoms with Crippen LogP contribution in [0.1, 0.15) is 11.1 Å². The SMILES string of the molecule is O=C(COc1ccc(/C=N\NC(=O)C(=O)Nc2ccccc2)cc1)NCCc1ccccc1. The number of carbonyl (C=O) groups excluding carboxylic acids is 3. The molecule has 0 fully saturated rings. The molecule has 0 aliphatic carbocycles. The molecule has 0 radical (unpaired) electrons. The predicted octanol–water partition coefficient (Wildman–Crippen LogP) is 2.51. The molecule has 0 bridgehead atoms. The second kappa shape index (κ2) is 12.4. The highest BCUT2D eigenvalue weighted by Crippen LogP contribution is 2.11. The number of benzene rings is 3. The maximum Gasteiger partial charge on any atom is 0.329 e. The van der Waals surface area contributed by atoms with Gasteiger partial charge in [-0.2, -0.15) is 5.10 Å². The van der Waals surface area contributed by atoms with Gasteiger partial charge in [-0.15, -0.1) is 0 Å². The van der Waals surface area contributed by atoms with Crippen LogP contribution in [0.4, 0.5) is 5.69 Å². The first-order valence-electron chi connectivity index (χ1n) is 10.3. The normalized spacial score (nSPS) is 10.4. The number of ether oxygens (including phenoxy) is 1. The fourth-order valence-corrected chi connectivity index (χ4v) is 2.77. The average molecular weight is 444 g/mol. The fraction of sp³-hybridized carbons (Fsp3) is 0.120. The molecule has 0 atom stereocenters. The lowest BCUT2D eigenvalue weighted by molar-refractivity contribution is -0.136. The van der Waals surface area contributed by atoms with Gasteiger partial charge in [0.15, 0.2) is 6.61 Å². The number of hydrogen-bond acceptors (Lipinski definition) is 5. The summed E-state index contributed by atoms with van der Waals surface area (Å²) < 4.78 is 5.48. The highest BCUT2D eigenvalue weighted by atomic mass is 16.5. The van der Waals surface area contributed by atoms with E-state index in [1.165, 1.54) is 6.21 Å². The smallest absolute Gasteiger partial charge is 0.329 e. The Labute approximate surface area is 191 Å². The van der Waals surface area contributed by atoms with Crippen molar-refractivity contribution in [2.24, 2.45) is 5.10 Å². The van der Waals surface area contributed by atoms with E-state index in [4.69, 9.17) is 4.74 Å². The summed E-state index contributed by atoms with van der Waals surface area (Å²) in [4.78, 5) is 35.5. The first-order valence-corrected chi connectivity index (χ1v) is 10.3. The molecule has 3 N–H and O–H groups in total. The van der Waals surface area contributed by atoms with E-state index in [0.717, 1.165) is 12.0 Å². The lowest BCUT2D eigenvalue weighted by Crippen LogP contribution is -2.32. The molecule has 0 spiro atoms. The third-order valence-corrected chi connectivity index (χ3v) is 4.45. The molecule has 0 aromatic heterocycles. The highest BCUT2D eigenvalue weighted by Gasteiger charge is 2.12. The second-order valence-electron chi connectivity index (χ2n) is 6.96. The topological polar surface area (TPSA) is 109 Å². The average Bonchev–Trinajstić information content (AvgIpc) is 2.85. The van der Waals surface area contributed by atoms with Gasteiger partial charge >= 0.3 is 11.8 Å². The molecule has 8 nitrogen and oxygen atoms in total. The number of hydrogen-bond donors (Lipinski definition) is 3. The van der Waals surface area contributed by atoms with Crippen molar-refractivity contribution in [3.63, 3.8) is 0 Å². The lowest BCUT2D eigenvalue weighted by Gasteiger charge is -2.08. The van der Waals surface area contributed by atoms with Crippen molar-refractivity contribution in [1.82, 2.24) is 10.7 Å². The minimum atomic E-state index is -0.881. The molecule has 0 heterocycles. The van der Waals surface area contributed by atoms with Gasteiger partial charge in [0, 0.05) is 12.2 Å². The van der Waals surface area contributed by atoms with Gasteiger partial charge in [-0.3, -0.25) is 14.4 Å². The van der Waals surface area contributed by atoms with Crippen LogP contribution < -0.4 is 20.8 Å². The van der Waals surface area contributed by atoms with E-state index in [-0.39, 0.29) is 12.5 Å². The van der Waals surface area contributed by atoms with Crippen molar-refractivity contribution < 1.29 is 19.1 Å². The molecule has 8 heteroatoms. The maximum absolute atomic E-state index is 11.9. The Morgan fingerprint density at radius 3 is 2.18 bits per heavy atom. The Balaban J connectivity index is 1.36. The van der Waals surface area contributed by atoms with Crippen LogP contribution in [0.2, 0.25) is 0 Å². The van der Waals surface area contributed by atoms with Crippen molar-refractivity contribution in [2.75, 3.05) is 18.5 Å². The zero-order valence-corrected chi connectivity index (χ0v) is 17.9. The Morgan fingerprint density at radius 1 is 0.818 bits per heavy atom. The first-order chi connectivity index (χ1) is 16.1. The summed E-state index contributed by atoms with van der Waals surface area (Å²) in [7, 11) is 0. The molecule has 33 heavy (non-hydrogen) atoms. The minimum Gasteiger partial charge on any atom is -0.484 e. The monoisotopic (exact) mass is 444 g/mol. The van der Waals surface area contributed by atoms with Crippen LogP contribution in [-0.4, -0.2) is 37.1 Å². The van der Waals surface area contributed by atoms with Crippen LogP contribution in [0.5, 0.6) is 5.75 Å². The van der Waals surface area contributed by atoms with Gasteiger partial charge in [0.05, 0.1) is 6.21 Å². The quantitative estimate of drug-likeness (QED) is 0.268. The summed E-state index contributed by atoms with van der Waals surface area (Å²) in [5, 5.41) is 9.06. The van der Waals surface area contributed by atoms with Crippen LogP contribution in [0.25, 0.3) is 0 Å². The molecule has 0 saturated heterocycles. The van der Waals surface area contributed by atoms with Gasteiger partial charge in [0.2, 0.25) is 0 Å². The molecular weight excluding hydrogens is 420 g/mol. The number of para-hydroxylation sites is 1. The first kappa shape index (κ1) is 23.2. The van der Waals surface area contributed by atoms with Gasteiger partial charge in [0.1, 0.15) is 5.75 Å². The largest absolute Gasteiger partial charge is 0.484 e. The molecule has 0 unspecified atom stereocenters. The molecule has 3 aromatic carbocycles. The van der Waals surface area contributed by atoms with E-state index >= 15 is 0 Å². The minimum absolute atomic E-state index is 0.0885. The third kappa shape index (κ3) is 8.29. The number of carbonyl (C=O) groups is 3. The van der Waals surface area contributed by atoms with Crippen LogP contribution in [-0.2, 0) is 20.8 Å². The van der Waals surface area contributed by atoms with Crippen molar-refractivity contribution in [3.8, 4) is 5.75 Å². The number of nitrogens with one attached hydrogen (secondary N) is 3. The Kier molecular flexibility index (Phi) is 8.73. The lowest BCUT2D eigenvalue weighted by atomic mass is 10.1. The van der Waals surface area contributed by atoms with Gasteiger partial charge < -0.3 is 15.4 Å². The predicted molar refractivity (Wildman–Crippen MR) is 126 cm³/mol. The summed E-state index contributed by atoms with van der Waals surface area (Å²) in [6.45, 7) is 0.450. The van der Waals surface area contributed by atoms with Gasteiger partial charge in [-0.25, -0.2) is 5.43 Å². The maximum atomic E-state index is 11.9. The molecule has 168 valence electrons. The third-order valence-electron chi connectivity index (χ3n) is 4.45. The summed E-state index contributed by atoms with van der Waals surface area (Å²) in [5.41, 5.74) is 4.52. The number of amides is 3. The molecule has 0 aliphatic rings. The zero-order valence-electron chi connectivity index (χ0n) is 17.9. The standard InChI is InChI=1S/C25H24N4O4/c30-23(26-16-15-19-7-3-1-4-8-19)18-33-22-13-11-20(12-14-22)17-27-29-25(32)24(31)28-21-9-5-2-6-10-21/h1-14,17H,15-16,18H2,(H,26,30)(H,28,31)(H,29,32)/b27-17-. The van der Waals surface area contributed by atoms with Gasteiger partial charge in [0.25, 0.3) is 5.91 Å². The molecular formula is C25H24N4O4. The van der Waals surface area contributed by atoms with Crippen molar-refractivity contribution >= 4 is 29.6 Å². The van der Waals surface area contributed by atoms with Crippen molar-refractivity contribution in [3.05, 3.63) is 96.1 Å².